The number of aliphatic hydroxyl groups is 1. The Morgan fingerprint density at radius 1 is 1.24 bits per heavy atom. The molecule has 3 atom stereocenters. The van der Waals surface area contributed by atoms with Gasteiger partial charge in [-0.05, 0) is 30.6 Å². The summed E-state index contributed by atoms with van der Waals surface area (Å²) in [5.74, 6) is -0.763. The number of amides is 2. The summed E-state index contributed by atoms with van der Waals surface area (Å²) in [6, 6.07) is -1.05. The number of likely N-dealkylation sites (tertiary alicyclic amines) is 2. The molecule has 0 aromatic heterocycles. The van der Waals surface area contributed by atoms with Crippen molar-refractivity contribution in [2.24, 2.45) is 11.3 Å². The van der Waals surface area contributed by atoms with Crippen LogP contribution in [-0.4, -0.2) is 63.8 Å². The fraction of sp³-hybridized carbons (Fsp3) is 0.867. The number of urea groups is 1. The molecule has 0 bridgehead atoms. The average Bonchev–Trinajstić information content (AvgIpc) is 2.39. The molecule has 0 radical (unpaired) electrons. The summed E-state index contributed by atoms with van der Waals surface area (Å²) in [5, 5.41) is 19.5. The number of rotatable bonds is 1. The quantitative estimate of drug-likeness (QED) is 0.766. The summed E-state index contributed by atoms with van der Waals surface area (Å²) in [6.07, 6.45) is 1.84. The van der Waals surface area contributed by atoms with Crippen LogP contribution in [0.2, 0.25) is 0 Å². The Balaban J connectivity index is 2.15. The molecule has 2 N–H and O–H groups in total. The SMILES string of the molecule is CC1CCN(C(=O)N2CCCC(C)(C)C2C(=O)O)CC1O. The summed E-state index contributed by atoms with van der Waals surface area (Å²) in [4.78, 5) is 27.4. The molecular weight excluding hydrogens is 272 g/mol. The van der Waals surface area contributed by atoms with Crippen LogP contribution < -0.4 is 0 Å². The van der Waals surface area contributed by atoms with Crippen molar-refractivity contribution in [3.63, 3.8) is 0 Å². The summed E-state index contributed by atoms with van der Waals surface area (Å²) in [6.45, 7) is 7.12. The van der Waals surface area contributed by atoms with Crippen LogP contribution in [0.25, 0.3) is 0 Å². The Labute approximate surface area is 125 Å². The highest BCUT2D eigenvalue weighted by Crippen LogP contribution is 2.36. The fourth-order valence-electron chi connectivity index (χ4n) is 3.47. The van der Waals surface area contributed by atoms with Crippen molar-refractivity contribution in [1.82, 2.24) is 9.80 Å². The van der Waals surface area contributed by atoms with Gasteiger partial charge in [0.2, 0.25) is 0 Å². The zero-order valence-corrected chi connectivity index (χ0v) is 13.1. The van der Waals surface area contributed by atoms with Gasteiger partial charge in [0.15, 0.2) is 0 Å². The van der Waals surface area contributed by atoms with Gasteiger partial charge in [-0.1, -0.05) is 20.8 Å². The number of carboxylic acids is 1. The van der Waals surface area contributed by atoms with E-state index in [9.17, 15) is 19.8 Å². The van der Waals surface area contributed by atoms with Crippen LogP contribution in [0.5, 0.6) is 0 Å². The molecule has 2 heterocycles. The highest BCUT2D eigenvalue weighted by molar-refractivity contribution is 5.83. The highest BCUT2D eigenvalue weighted by Gasteiger charge is 2.46. The Morgan fingerprint density at radius 2 is 1.90 bits per heavy atom. The summed E-state index contributed by atoms with van der Waals surface area (Å²) in [7, 11) is 0. The molecule has 6 heteroatoms. The number of nitrogens with zero attached hydrogens (tertiary/aromatic N) is 2. The van der Waals surface area contributed by atoms with Gasteiger partial charge in [0.1, 0.15) is 6.04 Å². The van der Waals surface area contributed by atoms with Crippen LogP contribution in [0, 0.1) is 11.3 Å². The van der Waals surface area contributed by atoms with Gasteiger partial charge < -0.3 is 20.0 Å². The molecule has 2 amide bonds. The summed E-state index contributed by atoms with van der Waals surface area (Å²) >= 11 is 0. The lowest BCUT2D eigenvalue weighted by atomic mass is 9.76. The van der Waals surface area contributed by atoms with E-state index in [4.69, 9.17) is 0 Å². The van der Waals surface area contributed by atoms with E-state index in [1.165, 1.54) is 4.90 Å². The Bertz CT molecular complexity index is 424. The number of hydrogen-bond acceptors (Lipinski definition) is 3. The van der Waals surface area contributed by atoms with Crippen molar-refractivity contribution in [3.8, 4) is 0 Å². The Morgan fingerprint density at radius 3 is 2.48 bits per heavy atom. The van der Waals surface area contributed by atoms with E-state index in [0.29, 0.717) is 19.6 Å². The van der Waals surface area contributed by atoms with Crippen LogP contribution >= 0.6 is 0 Å². The van der Waals surface area contributed by atoms with Crippen LogP contribution in [0.3, 0.4) is 0 Å². The number of carbonyl (C=O) groups excluding carboxylic acids is 1. The zero-order valence-electron chi connectivity index (χ0n) is 13.1. The van der Waals surface area contributed by atoms with E-state index in [2.05, 4.69) is 0 Å². The first kappa shape index (κ1) is 16.1. The Hall–Kier alpha value is -1.30. The van der Waals surface area contributed by atoms with Gasteiger partial charge in [0.25, 0.3) is 0 Å². The van der Waals surface area contributed by atoms with E-state index in [1.54, 1.807) is 4.90 Å². The zero-order chi connectivity index (χ0) is 15.8. The molecule has 2 rings (SSSR count). The maximum atomic E-state index is 12.7. The summed E-state index contributed by atoms with van der Waals surface area (Å²) in [5.41, 5.74) is -0.429. The summed E-state index contributed by atoms with van der Waals surface area (Å²) < 4.78 is 0. The molecule has 3 unspecified atom stereocenters. The number of aliphatic carboxylic acids is 1. The van der Waals surface area contributed by atoms with Crippen molar-refractivity contribution in [1.29, 1.82) is 0 Å². The van der Waals surface area contributed by atoms with Crippen LogP contribution in [0.4, 0.5) is 4.79 Å². The minimum atomic E-state index is -0.945. The number of β-amino-alcohol motifs (C(OH)–C–C–N with tert-alkyl or cyclic N) is 1. The Kier molecular flexibility index (Phi) is 4.46. The van der Waals surface area contributed by atoms with E-state index in [0.717, 1.165) is 19.3 Å². The smallest absolute Gasteiger partial charge is 0.327 e. The third kappa shape index (κ3) is 3.15. The predicted octanol–water partition coefficient (Wildman–Crippen LogP) is 1.38. The number of hydrogen-bond donors (Lipinski definition) is 2. The molecule has 0 aliphatic carbocycles. The van der Waals surface area contributed by atoms with E-state index in [1.807, 2.05) is 20.8 Å². The molecule has 0 aromatic carbocycles. The standard InChI is InChI=1S/C15H26N2O4/c1-10-5-8-16(9-11(10)18)14(21)17-7-4-6-15(2,3)12(17)13(19)20/h10-12,18H,4-9H2,1-3H3,(H,19,20). The third-order valence-electron chi connectivity index (χ3n) is 4.94. The monoisotopic (exact) mass is 298 g/mol. The number of aliphatic hydroxyl groups excluding tert-OH is 1. The molecule has 6 nitrogen and oxygen atoms in total. The van der Waals surface area contributed by atoms with Gasteiger partial charge in [0, 0.05) is 19.6 Å². The van der Waals surface area contributed by atoms with Gasteiger partial charge in [-0.2, -0.15) is 0 Å². The van der Waals surface area contributed by atoms with Crippen LogP contribution in [0.1, 0.15) is 40.0 Å². The van der Waals surface area contributed by atoms with Crippen LogP contribution in [-0.2, 0) is 4.79 Å². The predicted molar refractivity (Wildman–Crippen MR) is 77.9 cm³/mol. The topological polar surface area (TPSA) is 81.1 Å². The molecule has 120 valence electrons. The van der Waals surface area contributed by atoms with Gasteiger partial charge >= 0.3 is 12.0 Å². The molecule has 2 saturated heterocycles. The molecule has 2 aliphatic heterocycles. The maximum Gasteiger partial charge on any atom is 0.327 e. The third-order valence-corrected chi connectivity index (χ3v) is 4.94. The normalized spacial score (nSPS) is 32.9. The molecule has 0 spiro atoms. The van der Waals surface area contributed by atoms with Crippen molar-refractivity contribution < 1.29 is 19.8 Å². The second kappa shape index (κ2) is 5.83. The van der Waals surface area contributed by atoms with Gasteiger partial charge in [-0.25, -0.2) is 9.59 Å². The van der Waals surface area contributed by atoms with Crippen molar-refractivity contribution in [2.75, 3.05) is 19.6 Å². The van der Waals surface area contributed by atoms with Crippen LogP contribution in [0.15, 0.2) is 0 Å². The second-order valence-electron chi connectivity index (χ2n) is 7.09. The van der Waals surface area contributed by atoms with E-state index >= 15 is 0 Å². The number of piperidine rings is 2. The van der Waals surface area contributed by atoms with Gasteiger partial charge in [0.05, 0.1) is 6.10 Å². The lowest BCUT2D eigenvalue weighted by molar-refractivity contribution is -0.149. The van der Waals surface area contributed by atoms with Crippen molar-refractivity contribution in [2.45, 2.75) is 52.2 Å². The lowest BCUT2D eigenvalue weighted by Gasteiger charge is -2.46. The largest absolute Gasteiger partial charge is 0.480 e. The fourth-order valence-corrected chi connectivity index (χ4v) is 3.47. The second-order valence-corrected chi connectivity index (χ2v) is 7.09. The molecule has 0 aromatic rings. The van der Waals surface area contributed by atoms with Gasteiger partial charge in [-0.15, -0.1) is 0 Å². The van der Waals surface area contributed by atoms with E-state index in [-0.39, 0.29) is 11.9 Å². The molecular formula is C15H26N2O4. The lowest BCUT2D eigenvalue weighted by Crippen LogP contribution is -2.61. The molecule has 21 heavy (non-hydrogen) atoms. The van der Waals surface area contributed by atoms with E-state index < -0.39 is 23.5 Å². The minimum Gasteiger partial charge on any atom is -0.480 e. The number of carbonyl (C=O) groups is 2. The van der Waals surface area contributed by atoms with Gasteiger partial charge in [-0.3, -0.25) is 0 Å². The average molecular weight is 298 g/mol. The molecule has 2 fully saturated rings. The first-order chi connectivity index (χ1) is 9.74. The molecule has 0 saturated carbocycles. The first-order valence-corrected chi connectivity index (χ1v) is 7.70. The maximum absolute atomic E-state index is 12.7. The minimum absolute atomic E-state index is 0.183. The van der Waals surface area contributed by atoms with Crippen molar-refractivity contribution in [3.05, 3.63) is 0 Å². The number of carboxylic acid groups (broad SMARTS) is 1. The van der Waals surface area contributed by atoms with Crippen molar-refractivity contribution >= 4 is 12.0 Å². The molecule has 2 aliphatic rings. The highest BCUT2D eigenvalue weighted by atomic mass is 16.4. The first-order valence-electron chi connectivity index (χ1n) is 7.70.